The maximum absolute atomic E-state index is 13.4. The molecule has 1 atom stereocenters. The van der Waals surface area contributed by atoms with Crippen LogP contribution < -0.4 is 9.64 Å². The molecule has 0 spiro atoms. The highest BCUT2D eigenvalue weighted by molar-refractivity contribution is 7.89. The van der Waals surface area contributed by atoms with Gasteiger partial charge in [0, 0.05) is 37.7 Å². The summed E-state index contributed by atoms with van der Waals surface area (Å²) < 4.78 is 34.1. The number of hydrogen-bond donors (Lipinski definition) is 0. The highest BCUT2D eigenvalue weighted by Gasteiger charge is 2.41. The molecule has 2 fully saturated rings. The van der Waals surface area contributed by atoms with Crippen LogP contribution >= 0.6 is 22.9 Å². The van der Waals surface area contributed by atoms with E-state index in [9.17, 15) is 13.2 Å². The zero-order chi connectivity index (χ0) is 23.9. The lowest BCUT2D eigenvalue weighted by atomic mass is 10.2. The predicted molar refractivity (Wildman–Crippen MR) is 133 cm³/mol. The fraction of sp³-hybridized carbons (Fsp3) is 0.391. The molecule has 1 amide bonds. The molecule has 3 aromatic rings. The van der Waals surface area contributed by atoms with E-state index in [1.807, 2.05) is 18.2 Å². The van der Waals surface area contributed by atoms with Crippen molar-refractivity contribution < 1.29 is 17.9 Å². The number of carbonyl (C=O) groups is 1. The normalized spacial score (nSPS) is 19.6. The molecule has 34 heavy (non-hydrogen) atoms. The third-order valence-electron chi connectivity index (χ3n) is 6.36. The Balaban J connectivity index is 1.26. The number of halogens is 1. The van der Waals surface area contributed by atoms with Crippen LogP contribution in [0.2, 0.25) is 5.02 Å². The van der Waals surface area contributed by atoms with Gasteiger partial charge >= 0.3 is 0 Å². The fourth-order valence-electron chi connectivity index (χ4n) is 4.51. The molecule has 2 aliphatic heterocycles. The van der Waals surface area contributed by atoms with Crippen LogP contribution in [-0.4, -0.2) is 74.4 Å². The van der Waals surface area contributed by atoms with Crippen LogP contribution in [0.4, 0.5) is 5.13 Å². The number of benzene rings is 2. The van der Waals surface area contributed by atoms with E-state index in [-0.39, 0.29) is 10.8 Å². The highest BCUT2D eigenvalue weighted by Crippen LogP contribution is 2.32. The van der Waals surface area contributed by atoms with Crippen LogP contribution in [0.5, 0.6) is 5.75 Å². The van der Waals surface area contributed by atoms with Gasteiger partial charge in [-0.25, -0.2) is 13.4 Å². The van der Waals surface area contributed by atoms with Crippen molar-refractivity contribution in [2.75, 3.05) is 44.7 Å². The van der Waals surface area contributed by atoms with Crippen molar-refractivity contribution in [2.24, 2.45) is 0 Å². The van der Waals surface area contributed by atoms with Crippen molar-refractivity contribution in [2.45, 2.75) is 23.8 Å². The van der Waals surface area contributed by atoms with Crippen molar-refractivity contribution in [3.63, 3.8) is 0 Å². The first-order valence-electron chi connectivity index (χ1n) is 11.1. The Kier molecular flexibility index (Phi) is 6.41. The SMILES string of the molecule is COc1ccc(S(=O)(=O)N2CCCC2C(=O)N2CCN(c3nc4ccc(Cl)cc4s3)CC2)cc1. The van der Waals surface area contributed by atoms with E-state index >= 15 is 0 Å². The minimum absolute atomic E-state index is 0.120. The second-order valence-corrected chi connectivity index (χ2v) is 11.7. The molecule has 0 N–H and O–H groups in total. The fourth-order valence-corrected chi connectivity index (χ4v) is 7.45. The van der Waals surface area contributed by atoms with Gasteiger partial charge in [0.1, 0.15) is 11.8 Å². The smallest absolute Gasteiger partial charge is 0.243 e. The lowest BCUT2D eigenvalue weighted by Crippen LogP contribution is -2.54. The number of methoxy groups -OCH3 is 1. The van der Waals surface area contributed by atoms with Crippen LogP contribution in [-0.2, 0) is 14.8 Å². The summed E-state index contributed by atoms with van der Waals surface area (Å²) in [6, 6.07) is 11.3. The number of piperazine rings is 1. The zero-order valence-corrected chi connectivity index (χ0v) is 21.1. The van der Waals surface area contributed by atoms with Gasteiger partial charge in [0.05, 0.1) is 22.2 Å². The molecule has 5 rings (SSSR count). The van der Waals surface area contributed by atoms with Crippen LogP contribution in [0, 0.1) is 0 Å². The summed E-state index contributed by atoms with van der Waals surface area (Å²) in [5.41, 5.74) is 0.910. The Hall–Kier alpha value is -2.40. The Labute approximate surface area is 207 Å². The van der Waals surface area contributed by atoms with E-state index in [4.69, 9.17) is 21.3 Å². The maximum atomic E-state index is 13.4. The number of aromatic nitrogens is 1. The van der Waals surface area contributed by atoms with E-state index in [0.717, 1.165) is 15.3 Å². The largest absolute Gasteiger partial charge is 0.497 e. The Morgan fingerprint density at radius 3 is 2.53 bits per heavy atom. The molecule has 0 bridgehead atoms. The van der Waals surface area contributed by atoms with Crippen LogP contribution in [0.15, 0.2) is 47.4 Å². The molecule has 3 heterocycles. The van der Waals surface area contributed by atoms with E-state index in [0.29, 0.717) is 56.3 Å². The van der Waals surface area contributed by atoms with E-state index < -0.39 is 16.1 Å². The van der Waals surface area contributed by atoms with Gasteiger partial charge in [0.15, 0.2) is 5.13 Å². The van der Waals surface area contributed by atoms with Gasteiger partial charge in [-0.3, -0.25) is 4.79 Å². The van der Waals surface area contributed by atoms with Gasteiger partial charge in [-0.15, -0.1) is 0 Å². The Bertz CT molecular complexity index is 1300. The summed E-state index contributed by atoms with van der Waals surface area (Å²) in [5.74, 6) is 0.465. The Morgan fingerprint density at radius 2 is 1.82 bits per heavy atom. The number of thiazole rings is 1. The molecule has 0 radical (unpaired) electrons. The van der Waals surface area contributed by atoms with E-state index in [1.54, 1.807) is 28.4 Å². The second kappa shape index (κ2) is 9.33. The van der Waals surface area contributed by atoms with Crippen molar-refractivity contribution in [1.82, 2.24) is 14.2 Å². The maximum Gasteiger partial charge on any atom is 0.243 e. The first kappa shape index (κ1) is 23.3. The van der Waals surface area contributed by atoms with Crippen molar-refractivity contribution in [3.05, 3.63) is 47.5 Å². The summed E-state index contributed by atoms with van der Waals surface area (Å²) in [4.78, 5) is 22.2. The predicted octanol–water partition coefficient (Wildman–Crippen LogP) is 3.46. The Morgan fingerprint density at radius 1 is 1.09 bits per heavy atom. The van der Waals surface area contributed by atoms with Gasteiger partial charge in [0.2, 0.25) is 15.9 Å². The number of nitrogens with zero attached hydrogens (tertiary/aromatic N) is 4. The minimum Gasteiger partial charge on any atom is -0.497 e. The van der Waals surface area contributed by atoms with Crippen LogP contribution in [0.25, 0.3) is 10.2 Å². The number of amides is 1. The molecule has 1 unspecified atom stereocenters. The molecule has 1 aromatic heterocycles. The van der Waals surface area contributed by atoms with Gasteiger partial charge in [-0.2, -0.15) is 4.31 Å². The second-order valence-electron chi connectivity index (χ2n) is 8.37. The van der Waals surface area contributed by atoms with Crippen LogP contribution in [0.1, 0.15) is 12.8 Å². The first-order valence-corrected chi connectivity index (χ1v) is 13.8. The van der Waals surface area contributed by atoms with Crippen molar-refractivity contribution in [3.8, 4) is 5.75 Å². The number of sulfonamides is 1. The molecule has 8 nitrogen and oxygen atoms in total. The van der Waals surface area contributed by atoms with Gasteiger partial charge in [0.25, 0.3) is 0 Å². The molecule has 2 aliphatic rings. The van der Waals surface area contributed by atoms with Gasteiger partial charge in [-0.1, -0.05) is 22.9 Å². The summed E-state index contributed by atoms with van der Waals surface area (Å²) in [7, 11) is -2.24. The molecule has 0 saturated carbocycles. The average Bonchev–Trinajstić information content (AvgIpc) is 3.51. The molecular formula is C23H25ClN4O4S2. The molecule has 0 aliphatic carbocycles. The summed E-state index contributed by atoms with van der Waals surface area (Å²) in [6.45, 7) is 2.71. The topological polar surface area (TPSA) is 83.0 Å². The number of fused-ring (bicyclic) bond motifs is 1. The van der Waals surface area contributed by atoms with Gasteiger partial charge in [-0.05, 0) is 55.3 Å². The minimum atomic E-state index is -3.77. The number of anilines is 1. The first-order chi connectivity index (χ1) is 16.4. The molecule has 180 valence electrons. The summed E-state index contributed by atoms with van der Waals surface area (Å²) >= 11 is 7.68. The lowest BCUT2D eigenvalue weighted by Gasteiger charge is -2.37. The number of ether oxygens (including phenoxy) is 1. The zero-order valence-electron chi connectivity index (χ0n) is 18.7. The van der Waals surface area contributed by atoms with Crippen molar-refractivity contribution >= 4 is 54.2 Å². The number of hydrogen-bond acceptors (Lipinski definition) is 7. The van der Waals surface area contributed by atoms with E-state index in [2.05, 4.69) is 4.90 Å². The van der Waals surface area contributed by atoms with Gasteiger partial charge < -0.3 is 14.5 Å². The highest BCUT2D eigenvalue weighted by atomic mass is 35.5. The monoisotopic (exact) mass is 520 g/mol. The van der Waals surface area contributed by atoms with E-state index in [1.165, 1.54) is 23.5 Å². The third-order valence-corrected chi connectivity index (χ3v) is 9.59. The van der Waals surface area contributed by atoms with Crippen LogP contribution in [0.3, 0.4) is 0 Å². The van der Waals surface area contributed by atoms with Crippen molar-refractivity contribution in [1.29, 1.82) is 0 Å². The summed E-state index contributed by atoms with van der Waals surface area (Å²) in [6.07, 6.45) is 1.20. The average molecular weight is 521 g/mol. The molecule has 11 heteroatoms. The molecular weight excluding hydrogens is 496 g/mol. The molecule has 2 aromatic carbocycles. The number of rotatable bonds is 5. The third kappa shape index (κ3) is 4.35. The standard InChI is InChI=1S/C23H25ClN4O4S2/c1-32-17-5-7-18(8-6-17)34(30,31)28-10-2-3-20(28)22(29)26-11-13-27(14-12-26)23-25-19-9-4-16(24)15-21(19)33-23/h4-9,15,20H,2-3,10-14H2,1H3. The lowest BCUT2D eigenvalue weighted by molar-refractivity contribution is -0.134. The number of carbonyl (C=O) groups excluding carboxylic acids is 1. The molecule has 2 saturated heterocycles. The quantitative estimate of drug-likeness (QED) is 0.512. The summed E-state index contributed by atoms with van der Waals surface area (Å²) in [5, 5.41) is 1.60.